The first-order valence-corrected chi connectivity index (χ1v) is 6.64. The van der Waals surface area contributed by atoms with Gasteiger partial charge < -0.3 is 10.1 Å². The molecule has 1 N–H and O–H groups in total. The summed E-state index contributed by atoms with van der Waals surface area (Å²) in [7, 11) is 0. The summed E-state index contributed by atoms with van der Waals surface area (Å²) in [6.45, 7) is 8.35. The van der Waals surface area contributed by atoms with Gasteiger partial charge in [0.25, 0.3) is 0 Å². The molecule has 1 atom stereocenters. The average molecular weight is 256 g/mol. The molecule has 1 aromatic carbocycles. The Balaban J connectivity index is 2.39. The summed E-state index contributed by atoms with van der Waals surface area (Å²) in [5.74, 6) is 0.897. The first-order chi connectivity index (χ1) is 8.13. The number of hydrogen-bond donors (Lipinski definition) is 1. The lowest BCUT2D eigenvalue weighted by atomic mass is 10.2. The summed E-state index contributed by atoms with van der Waals surface area (Å²) in [4.78, 5) is 0. The van der Waals surface area contributed by atoms with Crippen molar-refractivity contribution in [1.29, 1.82) is 0 Å². The lowest BCUT2D eigenvalue weighted by molar-refractivity contribution is 0.206. The summed E-state index contributed by atoms with van der Waals surface area (Å²) in [5.41, 5.74) is 1.13. The van der Waals surface area contributed by atoms with Gasteiger partial charge in [0.1, 0.15) is 5.75 Å². The van der Waals surface area contributed by atoms with E-state index in [-0.39, 0.29) is 6.10 Å². The molecule has 0 saturated carbocycles. The van der Waals surface area contributed by atoms with Crippen molar-refractivity contribution in [3.63, 3.8) is 0 Å². The van der Waals surface area contributed by atoms with Crippen LogP contribution in [0.5, 0.6) is 5.75 Å². The molecular formula is C14H22ClNO. The van der Waals surface area contributed by atoms with E-state index in [2.05, 4.69) is 19.2 Å². The van der Waals surface area contributed by atoms with Gasteiger partial charge >= 0.3 is 0 Å². The van der Waals surface area contributed by atoms with Gasteiger partial charge in [-0.3, -0.25) is 0 Å². The highest BCUT2D eigenvalue weighted by atomic mass is 35.5. The SMILES string of the molecule is CCNCCCC(C)Oc1cc(Cl)ccc1C. The second kappa shape index (κ2) is 7.57. The third kappa shape index (κ3) is 5.42. The van der Waals surface area contributed by atoms with E-state index in [1.165, 1.54) is 0 Å². The highest BCUT2D eigenvalue weighted by Crippen LogP contribution is 2.24. The molecule has 0 bridgehead atoms. The minimum Gasteiger partial charge on any atom is -0.490 e. The van der Waals surface area contributed by atoms with Gasteiger partial charge in [0.2, 0.25) is 0 Å². The largest absolute Gasteiger partial charge is 0.490 e. The molecule has 0 aliphatic rings. The predicted octanol–water partition coefficient (Wildman–Crippen LogP) is 3.81. The van der Waals surface area contributed by atoms with Crippen molar-refractivity contribution in [1.82, 2.24) is 5.32 Å². The zero-order valence-corrected chi connectivity index (χ0v) is 11.7. The molecule has 1 rings (SSSR count). The summed E-state index contributed by atoms with van der Waals surface area (Å²) in [6.07, 6.45) is 2.42. The fourth-order valence-corrected chi connectivity index (χ4v) is 1.83. The summed E-state index contributed by atoms with van der Waals surface area (Å²) in [6, 6.07) is 5.76. The molecule has 0 aliphatic carbocycles. The molecule has 3 heteroatoms. The summed E-state index contributed by atoms with van der Waals surface area (Å²) < 4.78 is 5.89. The van der Waals surface area contributed by atoms with E-state index in [1.807, 2.05) is 25.1 Å². The molecule has 0 fully saturated rings. The van der Waals surface area contributed by atoms with Gasteiger partial charge in [-0.05, 0) is 57.5 Å². The molecule has 0 aromatic heterocycles. The van der Waals surface area contributed by atoms with E-state index in [1.54, 1.807) is 0 Å². The smallest absolute Gasteiger partial charge is 0.124 e. The van der Waals surface area contributed by atoms with Gasteiger partial charge in [0.05, 0.1) is 6.10 Å². The number of aryl methyl sites for hydroxylation is 1. The van der Waals surface area contributed by atoms with Crippen molar-refractivity contribution in [3.05, 3.63) is 28.8 Å². The molecule has 2 nitrogen and oxygen atoms in total. The third-order valence-corrected chi connectivity index (χ3v) is 2.93. The molecule has 17 heavy (non-hydrogen) atoms. The zero-order chi connectivity index (χ0) is 12.7. The Bertz CT molecular complexity index is 341. The second-order valence-electron chi connectivity index (χ2n) is 4.33. The molecular weight excluding hydrogens is 234 g/mol. The van der Waals surface area contributed by atoms with Crippen molar-refractivity contribution in [2.24, 2.45) is 0 Å². The first kappa shape index (κ1) is 14.3. The normalized spacial score (nSPS) is 12.5. The summed E-state index contributed by atoms with van der Waals surface area (Å²) in [5, 5.41) is 4.04. The fraction of sp³-hybridized carbons (Fsp3) is 0.571. The molecule has 0 amide bonds. The van der Waals surface area contributed by atoms with Crippen LogP contribution in [0.2, 0.25) is 5.02 Å². The Labute approximate surface area is 109 Å². The number of rotatable bonds is 7. The highest BCUT2D eigenvalue weighted by Gasteiger charge is 2.06. The molecule has 1 unspecified atom stereocenters. The minimum absolute atomic E-state index is 0.228. The van der Waals surface area contributed by atoms with E-state index in [9.17, 15) is 0 Å². The van der Waals surface area contributed by atoms with Crippen LogP contribution in [-0.4, -0.2) is 19.2 Å². The van der Waals surface area contributed by atoms with Crippen molar-refractivity contribution in [3.8, 4) is 5.75 Å². The van der Waals surface area contributed by atoms with Crippen LogP contribution in [0.3, 0.4) is 0 Å². The predicted molar refractivity (Wildman–Crippen MR) is 74.1 cm³/mol. The van der Waals surface area contributed by atoms with Crippen LogP contribution in [0.1, 0.15) is 32.3 Å². The van der Waals surface area contributed by atoms with Crippen molar-refractivity contribution in [2.45, 2.75) is 39.7 Å². The van der Waals surface area contributed by atoms with E-state index < -0.39 is 0 Å². The van der Waals surface area contributed by atoms with Crippen LogP contribution in [0.15, 0.2) is 18.2 Å². The standard InChI is InChI=1S/C14H22ClNO/c1-4-16-9-5-6-12(3)17-14-10-13(15)8-7-11(14)2/h7-8,10,12,16H,4-6,9H2,1-3H3. The lowest BCUT2D eigenvalue weighted by Gasteiger charge is -2.16. The average Bonchev–Trinajstić information content (AvgIpc) is 2.29. The van der Waals surface area contributed by atoms with Crippen molar-refractivity contribution >= 4 is 11.6 Å². The van der Waals surface area contributed by atoms with Crippen LogP contribution < -0.4 is 10.1 Å². The van der Waals surface area contributed by atoms with E-state index in [0.717, 1.165) is 42.3 Å². The monoisotopic (exact) mass is 255 g/mol. The van der Waals surface area contributed by atoms with Crippen LogP contribution in [0.4, 0.5) is 0 Å². The fourth-order valence-electron chi connectivity index (χ4n) is 1.67. The van der Waals surface area contributed by atoms with Crippen LogP contribution in [0.25, 0.3) is 0 Å². The molecule has 1 aromatic rings. The maximum Gasteiger partial charge on any atom is 0.124 e. The Morgan fingerprint density at radius 2 is 2.18 bits per heavy atom. The lowest BCUT2D eigenvalue weighted by Crippen LogP contribution is -2.18. The molecule has 0 saturated heterocycles. The number of halogens is 1. The van der Waals surface area contributed by atoms with Crippen LogP contribution in [0, 0.1) is 6.92 Å². The Morgan fingerprint density at radius 3 is 2.88 bits per heavy atom. The van der Waals surface area contributed by atoms with E-state index >= 15 is 0 Å². The zero-order valence-electron chi connectivity index (χ0n) is 10.9. The number of benzene rings is 1. The topological polar surface area (TPSA) is 21.3 Å². The van der Waals surface area contributed by atoms with E-state index in [0.29, 0.717) is 0 Å². The van der Waals surface area contributed by atoms with Gasteiger partial charge in [0.15, 0.2) is 0 Å². The Morgan fingerprint density at radius 1 is 1.41 bits per heavy atom. The molecule has 0 heterocycles. The quantitative estimate of drug-likeness (QED) is 0.749. The van der Waals surface area contributed by atoms with Crippen molar-refractivity contribution in [2.75, 3.05) is 13.1 Å². The first-order valence-electron chi connectivity index (χ1n) is 6.27. The Hall–Kier alpha value is -0.730. The Kier molecular flexibility index (Phi) is 6.38. The van der Waals surface area contributed by atoms with Crippen LogP contribution >= 0.6 is 11.6 Å². The third-order valence-electron chi connectivity index (χ3n) is 2.69. The highest BCUT2D eigenvalue weighted by molar-refractivity contribution is 6.30. The maximum absolute atomic E-state index is 5.96. The number of ether oxygens (including phenoxy) is 1. The number of hydrogen-bond acceptors (Lipinski definition) is 2. The van der Waals surface area contributed by atoms with Gasteiger partial charge in [-0.1, -0.05) is 24.6 Å². The maximum atomic E-state index is 5.96. The molecule has 0 aliphatic heterocycles. The molecule has 96 valence electrons. The molecule has 0 spiro atoms. The summed E-state index contributed by atoms with van der Waals surface area (Å²) >= 11 is 5.96. The second-order valence-corrected chi connectivity index (χ2v) is 4.77. The van der Waals surface area contributed by atoms with Gasteiger partial charge in [-0.15, -0.1) is 0 Å². The minimum atomic E-state index is 0.228. The number of nitrogens with one attached hydrogen (secondary N) is 1. The van der Waals surface area contributed by atoms with E-state index in [4.69, 9.17) is 16.3 Å². The van der Waals surface area contributed by atoms with Gasteiger partial charge in [0, 0.05) is 5.02 Å². The van der Waals surface area contributed by atoms with Gasteiger partial charge in [-0.25, -0.2) is 0 Å². The van der Waals surface area contributed by atoms with Crippen molar-refractivity contribution < 1.29 is 4.74 Å². The molecule has 0 radical (unpaired) electrons. The van der Waals surface area contributed by atoms with Crippen LogP contribution in [-0.2, 0) is 0 Å². The van der Waals surface area contributed by atoms with Gasteiger partial charge in [-0.2, -0.15) is 0 Å².